The zero-order valence-electron chi connectivity index (χ0n) is 15.8. The highest BCUT2D eigenvalue weighted by molar-refractivity contribution is 5.50. The lowest BCUT2D eigenvalue weighted by molar-refractivity contribution is -0.0774. The van der Waals surface area contributed by atoms with Gasteiger partial charge in [-0.05, 0) is 23.3 Å². The number of nitrogens with zero attached hydrogens (tertiary/aromatic N) is 2. The molecule has 1 aromatic heterocycles. The van der Waals surface area contributed by atoms with Gasteiger partial charge in [0.1, 0.15) is 0 Å². The van der Waals surface area contributed by atoms with E-state index in [1.807, 2.05) is 78.9 Å². The molecule has 0 spiro atoms. The van der Waals surface area contributed by atoms with Crippen LogP contribution in [0.4, 0.5) is 0 Å². The van der Waals surface area contributed by atoms with Crippen LogP contribution in [0.15, 0.2) is 97.1 Å². The highest BCUT2D eigenvalue weighted by Crippen LogP contribution is 2.38. The van der Waals surface area contributed by atoms with Gasteiger partial charge in [-0.1, -0.05) is 78.9 Å². The first kappa shape index (κ1) is 18.7. The second-order valence-electron chi connectivity index (χ2n) is 6.72. The third kappa shape index (κ3) is 4.42. The maximum Gasteiger partial charge on any atom is 0.245 e. The average Bonchev–Trinajstić information content (AvgIpc) is 3.03. The number of benzene rings is 3. The first-order valence-electron chi connectivity index (χ1n) is 9.40. The van der Waals surface area contributed by atoms with E-state index in [1.165, 1.54) is 10.6 Å². The van der Waals surface area contributed by atoms with Crippen molar-refractivity contribution in [3.8, 4) is 23.2 Å². The summed E-state index contributed by atoms with van der Waals surface area (Å²) in [5.74, 6) is -0.0545. The fourth-order valence-electron chi connectivity index (χ4n) is 3.20. The summed E-state index contributed by atoms with van der Waals surface area (Å²) in [4.78, 5) is 6.04. The number of rotatable bonds is 7. The Kier molecular flexibility index (Phi) is 5.49. The first-order chi connectivity index (χ1) is 14.2. The molecule has 0 unspecified atom stereocenters. The Labute approximate surface area is 169 Å². The number of aromatic nitrogens is 1. The summed E-state index contributed by atoms with van der Waals surface area (Å²) < 4.78 is 1.35. The zero-order valence-corrected chi connectivity index (χ0v) is 15.8. The quantitative estimate of drug-likeness (QED) is 0.444. The summed E-state index contributed by atoms with van der Waals surface area (Å²) in [6, 6.07) is 30.5. The van der Waals surface area contributed by atoms with Gasteiger partial charge in [0.15, 0.2) is 0 Å². The largest absolute Gasteiger partial charge is 0.494 e. The minimum atomic E-state index is -0.153. The molecule has 4 rings (SSSR count). The third-order valence-electron chi connectivity index (χ3n) is 4.57. The summed E-state index contributed by atoms with van der Waals surface area (Å²) in [5, 5.41) is 22.8. The minimum Gasteiger partial charge on any atom is -0.494 e. The van der Waals surface area contributed by atoms with Gasteiger partial charge in [-0.15, -0.1) is 5.06 Å². The second-order valence-corrected chi connectivity index (χ2v) is 6.72. The van der Waals surface area contributed by atoms with Crippen LogP contribution in [0.2, 0.25) is 0 Å². The lowest BCUT2D eigenvalue weighted by Gasteiger charge is -2.22. The van der Waals surface area contributed by atoms with Gasteiger partial charge in [0.2, 0.25) is 17.5 Å². The molecule has 0 saturated heterocycles. The van der Waals surface area contributed by atoms with Crippen molar-refractivity contribution >= 4 is 0 Å². The average molecular weight is 386 g/mol. The molecular weight excluding hydrogens is 364 g/mol. The van der Waals surface area contributed by atoms with Crippen LogP contribution < -0.4 is 4.84 Å². The molecule has 0 bridgehead atoms. The number of hydroxylamine groups is 2. The smallest absolute Gasteiger partial charge is 0.245 e. The molecule has 0 fully saturated rings. The maximum atomic E-state index is 10.7. The second kappa shape index (κ2) is 8.54. The molecule has 0 aliphatic rings. The van der Waals surface area contributed by atoms with Crippen molar-refractivity contribution in [2.24, 2.45) is 0 Å². The Morgan fingerprint density at radius 2 is 1.17 bits per heavy atom. The molecule has 2 N–H and O–H groups in total. The van der Waals surface area contributed by atoms with E-state index in [9.17, 15) is 10.2 Å². The van der Waals surface area contributed by atoms with Crippen molar-refractivity contribution in [1.29, 1.82) is 0 Å². The molecule has 5 nitrogen and oxygen atoms in total. The van der Waals surface area contributed by atoms with E-state index >= 15 is 0 Å². The summed E-state index contributed by atoms with van der Waals surface area (Å²) in [6.45, 7) is 1.04. The van der Waals surface area contributed by atoms with E-state index in [1.54, 1.807) is 17.2 Å². The Balaban J connectivity index is 1.62. The molecule has 0 amide bonds. The molecule has 1 heterocycles. The molecule has 0 aliphatic heterocycles. The molecule has 0 aliphatic carbocycles. The van der Waals surface area contributed by atoms with Gasteiger partial charge in [-0.3, -0.25) is 0 Å². The van der Waals surface area contributed by atoms with Gasteiger partial charge in [-0.25, -0.2) is 4.57 Å². The van der Waals surface area contributed by atoms with Crippen molar-refractivity contribution in [2.45, 2.75) is 13.1 Å². The van der Waals surface area contributed by atoms with Crippen molar-refractivity contribution in [2.75, 3.05) is 0 Å². The van der Waals surface area contributed by atoms with E-state index in [2.05, 4.69) is 0 Å². The van der Waals surface area contributed by atoms with E-state index in [-0.39, 0.29) is 17.5 Å². The summed E-state index contributed by atoms with van der Waals surface area (Å²) in [6.07, 6.45) is 0. The van der Waals surface area contributed by atoms with Crippen LogP contribution >= 0.6 is 0 Å². The Morgan fingerprint density at radius 1 is 0.690 bits per heavy atom. The highest BCUT2D eigenvalue weighted by Gasteiger charge is 2.20. The number of aromatic hydroxyl groups is 2. The van der Waals surface area contributed by atoms with Gasteiger partial charge in [-0.2, -0.15) is 0 Å². The van der Waals surface area contributed by atoms with Gasteiger partial charge in [0.25, 0.3) is 0 Å². The predicted octanol–water partition coefficient (Wildman–Crippen LogP) is 4.88. The van der Waals surface area contributed by atoms with E-state index in [0.29, 0.717) is 18.8 Å². The SMILES string of the molecule is Oc1cc(ON(Cc2ccccc2)Cc2ccccc2)c(O)n1-c1ccccc1. The minimum absolute atomic E-state index is 0.0944. The molecule has 146 valence electrons. The van der Waals surface area contributed by atoms with Crippen molar-refractivity contribution in [1.82, 2.24) is 9.63 Å². The van der Waals surface area contributed by atoms with Crippen LogP contribution in [0, 0.1) is 0 Å². The molecule has 0 radical (unpaired) electrons. The molecular formula is C24H22N2O3. The van der Waals surface area contributed by atoms with Crippen molar-refractivity contribution < 1.29 is 15.1 Å². The van der Waals surface area contributed by atoms with E-state index in [0.717, 1.165) is 11.1 Å². The fourth-order valence-corrected chi connectivity index (χ4v) is 3.20. The van der Waals surface area contributed by atoms with Crippen LogP contribution in [0.25, 0.3) is 5.69 Å². The molecule has 5 heteroatoms. The standard InChI is InChI=1S/C24H22N2O3/c27-23-16-22(24(28)26(23)21-14-8-3-9-15-21)29-25(17-19-10-4-1-5-11-19)18-20-12-6-2-7-13-20/h1-16,27-28H,17-18H2. The van der Waals surface area contributed by atoms with Gasteiger partial charge < -0.3 is 15.1 Å². The Hall–Kier alpha value is -3.70. The lowest BCUT2D eigenvalue weighted by Crippen LogP contribution is -2.26. The number of hydrogen-bond donors (Lipinski definition) is 2. The van der Waals surface area contributed by atoms with Crippen LogP contribution in [-0.2, 0) is 13.1 Å². The van der Waals surface area contributed by atoms with Gasteiger partial charge in [0.05, 0.1) is 18.8 Å². The Bertz CT molecular complexity index is 1010. The van der Waals surface area contributed by atoms with Crippen molar-refractivity contribution in [3.05, 3.63) is 108 Å². The summed E-state index contributed by atoms with van der Waals surface area (Å²) in [7, 11) is 0. The highest BCUT2D eigenvalue weighted by atomic mass is 16.7. The summed E-state index contributed by atoms with van der Waals surface area (Å²) >= 11 is 0. The topological polar surface area (TPSA) is 57.9 Å². The van der Waals surface area contributed by atoms with Gasteiger partial charge >= 0.3 is 0 Å². The fraction of sp³-hybridized carbons (Fsp3) is 0.0833. The monoisotopic (exact) mass is 386 g/mol. The molecule has 3 aromatic carbocycles. The van der Waals surface area contributed by atoms with Gasteiger partial charge in [0, 0.05) is 6.07 Å². The van der Waals surface area contributed by atoms with Crippen molar-refractivity contribution in [3.63, 3.8) is 0 Å². The van der Waals surface area contributed by atoms with E-state index in [4.69, 9.17) is 4.84 Å². The molecule has 0 atom stereocenters. The van der Waals surface area contributed by atoms with Crippen LogP contribution in [0.5, 0.6) is 17.5 Å². The normalized spacial score (nSPS) is 10.9. The lowest BCUT2D eigenvalue weighted by atomic mass is 10.2. The van der Waals surface area contributed by atoms with Crippen LogP contribution in [0.3, 0.4) is 0 Å². The maximum absolute atomic E-state index is 10.7. The number of hydrogen-bond acceptors (Lipinski definition) is 4. The molecule has 0 saturated carbocycles. The molecule has 29 heavy (non-hydrogen) atoms. The third-order valence-corrected chi connectivity index (χ3v) is 4.57. The summed E-state index contributed by atoms with van der Waals surface area (Å²) in [5.41, 5.74) is 2.80. The van der Waals surface area contributed by atoms with Crippen LogP contribution in [0.1, 0.15) is 11.1 Å². The predicted molar refractivity (Wildman–Crippen MR) is 112 cm³/mol. The molecule has 4 aromatic rings. The number of para-hydroxylation sites is 1. The van der Waals surface area contributed by atoms with E-state index < -0.39 is 0 Å². The Morgan fingerprint density at radius 3 is 1.69 bits per heavy atom. The zero-order chi connectivity index (χ0) is 20.1. The first-order valence-corrected chi connectivity index (χ1v) is 9.40. The van der Waals surface area contributed by atoms with Crippen LogP contribution in [-0.4, -0.2) is 19.8 Å².